The molecule has 0 atom stereocenters. The highest BCUT2D eigenvalue weighted by atomic mass is 35.5. The number of aromatic nitrogens is 1. The summed E-state index contributed by atoms with van der Waals surface area (Å²) in [5.41, 5.74) is -0.401. The van der Waals surface area contributed by atoms with Crippen molar-refractivity contribution in [3.63, 3.8) is 0 Å². The summed E-state index contributed by atoms with van der Waals surface area (Å²) in [6.07, 6.45) is 0. The first-order valence-electron chi connectivity index (χ1n) is 6.04. The molecule has 0 unspecified atom stereocenters. The molecule has 4 nitrogen and oxygen atoms in total. The zero-order valence-corrected chi connectivity index (χ0v) is 12.4. The van der Waals surface area contributed by atoms with E-state index in [0.29, 0.717) is 10.9 Å². The van der Waals surface area contributed by atoms with E-state index in [1.165, 1.54) is 4.57 Å². The molecular weight excluding hydrogens is 301 g/mol. The molecule has 0 aliphatic rings. The van der Waals surface area contributed by atoms with Crippen molar-refractivity contribution in [3.05, 3.63) is 40.2 Å². The van der Waals surface area contributed by atoms with Gasteiger partial charge < -0.3 is 9.67 Å². The van der Waals surface area contributed by atoms with Crippen molar-refractivity contribution < 1.29 is 9.90 Å². The van der Waals surface area contributed by atoms with Gasteiger partial charge in [0.2, 0.25) is 5.78 Å². The molecule has 0 saturated carbocycles. The Labute approximate surface area is 125 Å². The minimum atomic E-state index is -1.39. The van der Waals surface area contributed by atoms with E-state index in [1.54, 1.807) is 24.3 Å². The normalized spacial score (nSPS) is 11.5. The van der Waals surface area contributed by atoms with Crippen molar-refractivity contribution in [2.45, 2.75) is 24.7 Å². The summed E-state index contributed by atoms with van der Waals surface area (Å²) >= 11 is 11.1. The highest BCUT2D eigenvalue weighted by Crippen LogP contribution is 2.29. The van der Waals surface area contributed by atoms with E-state index in [-0.39, 0.29) is 17.4 Å². The summed E-state index contributed by atoms with van der Waals surface area (Å²) in [6.45, 7) is 3.63. The van der Waals surface area contributed by atoms with E-state index in [9.17, 15) is 14.7 Å². The Morgan fingerprint density at radius 3 is 2.40 bits per heavy atom. The monoisotopic (exact) mass is 313 g/mol. The van der Waals surface area contributed by atoms with Crippen LogP contribution < -0.4 is 5.56 Å². The number of rotatable bonds is 3. The predicted octanol–water partition coefficient (Wildman–Crippen LogP) is 3.27. The molecule has 1 aromatic carbocycles. The van der Waals surface area contributed by atoms with Crippen molar-refractivity contribution in [3.8, 4) is 5.75 Å². The molecule has 2 aromatic rings. The molecule has 2 rings (SSSR count). The summed E-state index contributed by atoms with van der Waals surface area (Å²) in [6, 6.07) is 6.64. The number of hydrogen-bond donors (Lipinski definition) is 1. The van der Waals surface area contributed by atoms with Gasteiger partial charge in [-0.2, -0.15) is 0 Å². The molecule has 1 N–H and O–H groups in total. The summed E-state index contributed by atoms with van der Waals surface area (Å²) in [4.78, 5) is 23.0. The van der Waals surface area contributed by atoms with E-state index in [0.717, 1.165) is 0 Å². The first kappa shape index (κ1) is 14.9. The fourth-order valence-electron chi connectivity index (χ4n) is 2.19. The largest absolute Gasteiger partial charge is 0.506 e. The summed E-state index contributed by atoms with van der Waals surface area (Å²) in [5, 5.41) is 10.6. The Bertz CT molecular complexity index is 735. The summed E-state index contributed by atoms with van der Waals surface area (Å²) in [7, 11) is 0. The summed E-state index contributed by atoms with van der Waals surface area (Å²) in [5.74, 6) is -1.17. The van der Waals surface area contributed by atoms with Crippen molar-refractivity contribution >= 4 is 39.9 Å². The lowest BCUT2D eigenvalue weighted by molar-refractivity contribution is 0.100. The lowest BCUT2D eigenvalue weighted by Crippen LogP contribution is -2.30. The molecule has 106 valence electrons. The highest BCUT2D eigenvalue weighted by molar-refractivity contribution is 6.55. The quantitative estimate of drug-likeness (QED) is 0.699. The molecule has 0 aliphatic carbocycles. The van der Waals surface area contributed by atoms with Gasteiger partial charge in [0.1, 0.15) is 11.3 Å². The van der Waals surface area contributed by atoms with Crippen LogP contribution in [-0.4, -0.2) is 20.3 Å². The Balaban J connectivity index is 2.97. The predicted molar refractivity (Wildman–Crippen MR) is 80.1 cm³/mol. The van der Waals surface area contributed by atoms with Gasteiger partial charge in [-0.3, -0.25) is 9.59 Å². The Hall–Kier alpha value is -1.52. The molecule has 0 bridgehead atoms. The van der Waals surface area contributed by atoms with Crippen LogP contribution in [0, 0.1) is 0 Å². The molecule has 0 radical (unpaired) electrons. The van der Waals surface area contributed by atoms with Crippen LogP contribution in [0.25, 0.3) is 10.9 Å². The van der Waals surface area contributed by atoms with E-state index in [2.05, 4.69) is 0 Å². The fraction of sp³-hybridized carbons (Fsp3) is 0.286. The number of benzene rings is 1. The van der Waals surface area contributed by atoms with E-state index >= 15 is 0 Å². The maximum atomic E-state index is 12.5. The first-order chi connectivity index (χ1) is 9.36. The lowest BCUT2D eigenvalue weighted by atomic mass is 10.1. The molecule has 20 heavy (non-hydrogen) atoms. The number of Topliss-reactive ketones (excluding diaryl/α,β-unsaturated/α-hetero) is 1. The Kier molecular flexibility index (Phi) is 4.06. The van der Waals surface area contributed by atoms with Gasteiger partial charge in [-0.25, -0.2) is 0 Å². The van der Waals surface area contributed by atoms with Crippen LogP contribution in [0.3, 0.4) is 0 Å². The Morgan fingerprint density at radius 2 is 1.85 bits per heavy atom. The first-order valence-corrected chi connectivity index (χ1v) is 6.92. The number of carbonyl (C=O) groups excluding carboxylic acids is 1. The molecular formula is C14H13Cl2NO3. The number of para-hydroxylation sites is 1. The molecule has 1 heterocycles. The number of aromatic hydroxyl groups is 1. The zero-order valence-electron chi connectivity index (χ0n) is 10.9. The van der Waals surface area contributed by atoms with Crippen molar-refractivity contribution in [2.24, 2.45) is 0 Å². The second-order valence-electron chi connectivity index (χ2n) is 4.67. The average molecular weight is 314 g/mol. The smallest absolute Gasteiger partial charge is 0.266 e. The molecule has 6 heteroatoms. The van der Waals surface area contributed by atoms with Gasteiger partial charge in [0, 0.05) is 11.4 Å². The molecule has 0 spiro atoms. The van der Waals surface area contributed by atoms with Crippen LogP contribution in [0.4, 0.5) is 0 Å². The van der Waals surface area contributed by atoms with Crippen molar-refractivity contribution in [1.29, 1.82) is 0 Å². The van der Waals surface area contributed by atoms with Crippen LogP contribution in [0.5, 0.6) is 5.75 Å². The molecule has 0 aliphatic heterocycles. The van der Waals surface area contributed by atoms with Crippen LogP contribution in [-0.2, 0) is 0 Å². The van der Waals surface area contributed by atoms with Crippen LogP contribution in [0.15, 0.2) is 29.1 Å². The standard InChI is InChI=1S/C14H13Cl2NO3/c1-7(2)17-9-6-4-3-5-8(9)11(18)10(14(17)20)12(19)13(15)16/h3-7,13,18H,1-2H3. The number of alkyl halides is 2. The second kappa shape index (κ2) is 5.46. The molecule has 1 aromatic heterocycles. The van der Waals surface area contributed by atoms with Gasteiger partial charge >= 0.3 is 0 Å². The summed E-state index contributed by atoms with van der Waals surface area (Å²) < 4.78 is 1.44. The van der Waals surface area contributed by atoms with E-state index in [4.69, 9.17) is 23.2 Å². The van der Waals surface area contributed by atoms with Gasteiger partial charge in [0.25, 0.3) is 5.56 Å². The fourth-order valence-corrected chi connectivity index (χ4v) is 2.41. The second-order valence-corrected chi connectivity index (χ2v) is 5.77. The number of carbonyl (C=O) groups is 1. The number of hydrogen-bond acceptors (Lipinski definition) is 3. The lowest BCUT2D eigenvalue weighted by Gasteiger charge is -2.17. The third kappa shape index (κ3) is 2.30. The van der Waals surface area contributed by atoms with Crippen molar-refractivity contribution in [1.82, 2.24) is 4.57 Å². The third-order valence-electron chi connectivity index (χ3n) is 3.05. The van der Waals surface area contributed by atoms with Crippen LogP contribution in [0.2, 0.25) is 0 Å². The van der Waals surface area contributed by atoms with Crippen LogP contribution >= 0.6 is 23.2 Å². The highest BCUT2D eigenvalue weighted by Gasteiger charge is 2.26. The molecule has 0 saturated heterocycles. The maximum absolute atomic E-state index is 12.5. The van der Waals surface area contributed by atoms with E-state index < -0.39 is 16.2 Å². The minimum absolute atomic E-state index is 0.177. The van der Waals surface area contributed by atoms with Crippen LogP contribution in [0.1, 0.15) is 30.2 Å². The number of ketones is 1. The number of pyridine rings is 1. The number of fused-ring (bicyclic) bond motifs is 1. The number of nitrogens with zero attached hydrogens (tertiary/aromatic N) is 1. The van der Waals surface area contributed by atoms with E-state index in [1.807, 2.05) is 13.8 Å². The van der Waals surface area contributed by atoms with Gasteiger partial charge in [-0.1, -0.05) is 35.3 Å². The van der Waals surface area contributed by atoms with Crippen molar-refractivity contribution in [2.75, 3.05) is 0 Å². The van der Waals surface area contributed by atoms with Gasteiger partial charge in [-0.05, 0) is 26.0 Å². The van der Waals surface area contributed by atoms with Gasteiger partial charge in [-0.15, -0.1) is 0 Å². The topological polar surface area (TPSA) is 59.3 Å². The van der Waals surface area contributed by atoms with Gasteiger partial charge in [0.15, 0.2) is 4.84 Å². The Morgan fingerprint density at radius 1 is 1.25 bits per heavy atom. The molecule has 0 amide bonds. The average Bonchev–Trinajstić information content (AvgIpc) is 2.38. The SMILES string of the molecule is CC(C)n1c(=O)c(C(=O)C(Cl)Cl)c(O)c2ccccc21. The van der Waals surface area contributed by atoms with Gasteiger partial charge in [0.05, 0.1) is 5.52 Å². The third-order valence-corrected chi connectivity index (χ3v) is 3.45. The number of halogens is 2. The molecule has 0 fully saturated rings. The maximum Gasteiger partial charge on any atom is 0.266 e. The zero-order chi connectivity index (χ0) is 15.0. The minimum Gasteiger partial charge on any atom is -0.506 e.